The number of hydrogen-bond acceptors (Lipinski definition) is 5. The average molecular weight is 265 g/mol. The predicted molar refractivity (Wildman–Crippen MR) is 64.0 cm³/mol. The van der Waals surface area contributed by atoms with Gasteiger partial charge in [-0.1, -0.05) is 5.16 Å². The molecule has 0 bridgehead atoms. The van der Waals surface area contributed by atoms with E-state index < -0.39 is 10.2 Å². The molecule has 8 nitrogen and oxygen atoms in total. The van der Waals surface area contributed by atoms with Gasteiger partial charge in [0.1, 0.15) is 0 Å². The number of amidine groups is 1. The fraction of sp³-hybridized carbons (Fsp3) is 0.875. The van der Waals surface area contributed by atoms with E-state index in [2.05, 4.69) is 14.6 Å². The molecule has 9 heteroatoms. The minimum Gasteiger partial charge on any atom is -0.409 e. The molecule has 0 aromatic carbocycles. The van der Waals surface area contributed by atoms with E-state index in [9.17, 15) is 8.42 Å². The van der Waals surface area contributed by atoms with Crippen LogP contribution < -0.4 is 15.2 Å². The highest BCUT2D eigenvalue weighted by Crippen LogP contribution is 2.10. The molecule has 1 saturated heterocycles. The van der Waals surface area contributed by atoms with E-state index in [0.29, 0.717) is 32.5 Å². The number of likely N-dealkylation sites (tertiary alicyclic amines) is 1. The Bertz CT molecular complexity index is 361. The number of oxime groups is 1. The first kappa shape index (κ1) is 14.2. The van der Waals surface area contributed by atoms with Crippen molar-refractivity contribution in [1.82, 2.24) is 14.3 Å². The van der Waals surface area contributed by atoms with Crippen LogP contribution in [0.5, 0.6) is 0 Å². The Labute approximate surface area is 101 Å². The third-order valence-corrected chi connectivity index (χ3v) is 3.87. The van der Waals surface area contributed by atoms with Crippen molar-refractivity contribution in [2.45, 2.75) is 18.9 Å². The van der Waals surface area contributed by atoms with E-state index >= 15 is 0 Å². The Kier molecular flexibility index (Phi) is 5.12. The molecule has 1 rings (SSSR count). The van der Waals surface area contributed by atoms with Crippen LogP contribution in [0.3, 0.4) is 0 Å². The average Bonchev–Trinajstić information content (AvgIpc) is 2.31. The van der Waals surface area contributed by atoms with Crippen molar-refractivity contribution in [2.24, 2.45) is 10.9 Å². The van der Waals surface area contributed by atoms with Gasteiger partial charge in [0.25, 0.3) is 10.2 Å². The van der Waals surface area contributed by atoms with Crippen molar-refractivity contribution in [3.05, 3.63) is 0 Å². The lowest BCUT2D eigenvalue weighted by Crippen LogP contribution is -2.48. The van der Waals surface area contributed by atoms with Gasteiger partial charge in [-0.15, -0.1) is 0 Å². The molecule has 1 fully saturated rings. The highest BCUT2D eigenvalue weighted by molar-refractivity contribution is 7.87. The number of piperidine rings is 1. The zero-order valence-electron chi connectivity index (χ0n) is 9.76. The third kappa shape index (κ3) is 4.86. The highest BCUT2D eigenvalue weighted by Gasteiger charge is 2.22. The van der Waals surface area contributed by atoms with Crippen molar-refractivity contribution in [3.63, 3.8) is 0 Å². The molecule has 0 spiro atoms. The summed E-state index contributed by atoms with van der Waals surface area (Å²) >= 11 is 0. The van der Waals surface area contributed by atoms with Gasteiger partial charge in [-0.3, -0.25) is 4.90 Å². The highest BCUT2D eigenvalue weighted by atomic mass is 32.2. The molecule has 17 heavy (non-hydrogen) atoms. The molecule has 0 unspecified atom stereocenters. The zero-order chi connectivity index (χ0) is 12.9. The van der Waals surface area contributed by atoms with Gasteiger partial charge in [-0.2, -0.15) is 13.1 Å². The van der Waals surface area contributed by atoms with Gasteiger partial charge in [-0.05, 0) is 12.8 Å². The number of nitrogens with two attached hydrogens (primary N) is 1. The van der Waals surface area contributed by atoms with E-state index in [-0.39, 0.29) is 11.9 Å². The molecule has 1 aliphatic rings. The summed E-state index contributed by atoms with van der Waals surface area (Å²) in [5, 5.41) is 11.3. The monoisotopic (exact) mass is 265 g/mol. The minimum atomic E-state index is -3.37. The van der Waals surface area contributed by atoms with Crippen LogP contribution >= 0.6 is 0 Å². The zero-order valence-corrected chi connectivity index (χ0v) is 10.6. The molecular weight excluding hydrogens is 246 g/mol. The lowest BCUT2D eigenvalue weighted by Gasteiger charge is -2.31. The Hall–Kier alpha value is -0.900. The number of hydrogen-bond donors (Lipinski definition) is 4. The molecule has 0 aromatic rings. The van der Waals surface area contributed by atoms with Gasteiger partial charge in [0, 0.05) is 26.2 Å². The maximum atomic E-state index is 11.3. The number of nitrogens with zero attached hydrogens (tertiary/aromatic N) is 2. The second-order valence-electron chi connectivity index (χ2n) is 3.97. The van der Waals surface area contributed by atoms with Crippen LogP contribution in [0.25, 0.3) is 0 Å². The van der Waals surface area contributed by atoms with Crippen molar-refractivity contribution >= 4 is 16.0 Å². The SMILES string of the molecule is CNS(=O)(=O)NC1CCN(CC(N)=NO)CC1. The summed E-state index contributed by atoms with van der Waals surface area (Å²) in [5.74, 6) is 0.166. The Balaban J connectivity index is 2.36. The molecule has 5 N–H and O–H groups in total. The summed E-state index contributed by atoms with van der Waals surface area (Å²) < 4.78 is 27.3. The van der Waals surface area contributed by atoms with Crippen molar-refractivity contribution in [3.8, 4) is 0 Å². The molecule has 0 atom stereocenters. The largest absolute Gasteiger partial charge is 0.409 e. The molecular formula is C8H19N5O3S. The maximum Gasteiger partial charge on any atom is 0.276 e. The summed E-state index contributed by atoms with van der Waals surface area (Å²) in [6, 6.07) is -0.0593. The first-order valence-corrected chi connectivity index (χ1v) is 6.84. The minimum absolute atomic E-state index is 0.0593. The summed E-state index contributed by atoms with van der Waals surface area (Å²) in [6.45, 7) is 1.84. The van der Waals surface area contributed by atoms with Crippen molar-refractivity contribution in [1.29, 1.82) is 0 Å². The molecule has 100 valence electrons. The summed E-state index contributed by atoms with van der Waals surface area (Å²) in [4.78, 5) is 2.01. The Morgan fingerprint density at radius 1 is 1.53 bits per heavy atom. The Morgan fingerprint density at radius 3 is 2.59 bits per heavy atom. The second kappa shape index (κ2) is 6.15. The molecule has 1 heterocycles. The van der Waals surface area contributed by atoms with Gasteiger partial charge in [0.2, 0.25) is 0 Å². The van der Waals surface area contributed by atoms with Crippen LogP contribution in [0.2, 0.25) is 0 Å². The summed E-state index contributed by atoms with van der Waals surface area (Å²) in [7, 11) is -2.00. The molecule has 0 aromatic heterocycles. The van der Waals surface area contributed by atoms with Crippen LogP contribution in [0, 0.1) is 0 Å². The van der Waals surface area contributed by atoms with Crippen LogP contribution in [0.15, 0.2) is 5.16 Å². The maximum absolute atomic E-state index is 11.3. The molecule has 0 saturated carbocycles. The van der Waals surface area contributed by atoms with Crippen molar-refractivity contribution in [2.75, 3.05) is 26.7 Å². The lowest BCUT2D eigenvalue weighted by atomic mass is 10.1. The van der Waals surface area contributed by atoms with Crippen LogP contribution in [-0.4, -0.2) is 57.1 Å². The molecule has 0 aliphatic carbocycles. The first-order valence-electron chi connectivity index (χ1n) is 5.36. The first-order chi connectivity index (χ1) is 7.96. The lowest BCUT2D eigenvalue weighted by molar-refractivity contribution is 0.228. The predicted octanol–water partition coefficient (Wildman–Crippen LogP) is -1.75. The molecule has 0 amide bonds. The molecule has 1 aliphatic heterocycles. The van der Waals surface area contributed by atoms with Crippen LogP contribution in [0.4, 0.5) is 0 Å². The quantitative estimate of drug-likeness (QED) is 0.203. The topological polar surface area (TPSA) is 120 Å². The fourth-order valence-electron chi connectivity index (χ4n) is 1.75. The van der Waals surface area contributed by atoms with Gasteiger partial charge in [0.05, 0.1) is 6.54 Å². The van der Waals surface area contributed by atoms with E-state index in [1.807, 2.05) is 4.90 Å². The number of rotatable bonds is 5. The summed E-state index contributed by atoms with van der Waals surface area (Å²) in [6.07, 6.45) is 1.42. The molecule has 0 radical (unpaired) electrons. The van der Waals surface area contributed by atoms with Gasteiger partial charge >= 0.3 is 0 Å². The van der Waals surface area contributed by atoms with Crippen LogP contribution in [-0.2, 0) is 10.2 Å². The van der Waals surface area contributed by atoms with Gasteiger partial charge < -0.3 is 10.9 Å². The smallest absolute Gasteiger partial charge is 0.276 e. The third-order valence-electron chi connectivity index (χ3n) is 2.69. The normalized spacial score (nSPS) is 20.6. The van der Waals surface area contributed by atoms with E-state index in [1.165, 1.54) is 7.05 Å². The van der Waals surface area contributed by atoms with E-state index in [0.717, 1.165) is 0 Å². The standard InChI is InChI=1S/C8H19N5O3S/c1-10-17(15,16)12-7-2-4-13(5-3-7)6-8(9)11-14/h7,10,12,14H,2-6H2,1H3,(H2,9,11). The van der Waals surface area contributed by atoms with Gasteiger partial charge in [-0.25, -0.2) is 4.72 Å². The summed E-state index contributed by atoms with van der Waals surface area (Å²) in [5.41, 5.74) is 5.40. The van der Waals surface area contributed by atoms with Crippen LogP contribution in [0.1, 0.15) is 12.8 Å². The Morgan fingerprint density at radius 2 is 2.12 bits per heavy atom. The number of nitrogens with one attached hydrogen (secondary N) is 2. The van der Waals surface area contributed by atoms with E-state index in [4.69, 9.17) is 10.9 Å². The van der Waals surface area contributed by atoms with E-state index in [1.54, 1.807) is 0 Å². The second-order valence-corrected chi connectivity index (χ2v) is 5.62. The fourth-order valence-corrected chi connectivity index (χ4v) is 2.54. The van der Waals surface area contributed by atoms with Gasteiger partial charge in [0.15, 0.2) is 5.84 Å². The van der Waals surface area contributed by atoms with Crippen molar-refractivity contribution < 1.29 is 13.6 Å².